The van der Waals surface area contributed by atoms with Crippen molar-refractivity contribution in [1.82, 2.24) is 4.90 Å². The molecule has 92 valence electrons. The fraction of sp³-hybridized carbons (Fsp3) is 1.00. The average molecular weight is 227 g/mol. The largest absolute Gasteiger partial charge is 0.401 e. The SMILES string of the molecule is CC(C)CCN(CCCO)CC(F)(F)F. The summed E-state index contributed by atoms with van der Waals surface area (Å²) in [5.41, 5.74) is 0. The number of aliphatic hydroxyl groups is 1. The molecule has 0 atom stereocenters. The number of hydrogen-bond acceptors (Lipinski definition) is 2. The third-order valence-corrected chi connectivity index (χ3v) is 2.06. The summed E-state index contributed by atoms with van der Waals surface area (Å²) < 4.78 is 36.5. The van der Waals surface area contributed by atoms with E-state index in [1.54, 1.807) is 0 Å². The molecule has 0 aliphatic rings. The molecule has 0 aromatic carbocycles. The molecule has 0 unspecified atom stereocenters. The Morgan fingerprint density at radius 2 is 1.80 bits per heavy atom. The number of hydrogen-bond donors (Lipinski definition) is 1. The maximum absolute atomic E-state index is 12.2. The van der Waals surface area contributed by atoms with Gasteiger partial charge in [0.1, 0.15) is 0 Å². The maximum atomic E-state index is 12.2. The summed E-state index contributed by atoms with van der Waals surface area (Å²) in [6.07, 6.45) is -3.00. The molecule has 2 nitrogen and oxygen atoms in total. The quantitative estimate of drug-likeness (QED) is 0.721. The smallest absolute Gasteiger partial charge is 0.396 e. The Morgan fingerprint density at radius 1 is 1.20 bits per heavy atom. The van der Waals surface area contributed by atoms with Crippen LogP contribution in [0.2, 0.25) is 0 Å². The van der Waals surface area contributed by atoms with Gasteiger partial charge in [0.2, 0.25) is 0 Å². The van der Waals surface area contributed by atoms with Crippen molar-refractivity contribution < 1.29 is 18.3 Å². The third-order valence-electron chi connectivity index (χ3n) is 2.06. The summed E-state index contributed by atoms with van der Waals surface area (Å²) in [4.78, 5) is 1.36. The highest BCUT2D eigenvalue weighted by atomic mass is 19.4. The van der Waals surface area contributed by atoms with Crippen LogP contribution in [-0.2, 0) is 0 Å². The van der Waals surface area contributed by atoms with Crippen LogP contribution in [0.15, 0.2) is 0 Å². The number of nitrogens with zero attached hydrogens (tertiary/aromatic N) is 1. The van der Waals surface area contributed by atoms with E-state index in [2.05, 4.69) is 0 Å². The minimum Gasteiger partial charge on any atom is -0.396 e. The van der Waals surface area contributed by atoms with Crippen molar-refractivity contribution in [3.05, 3.63) is 0 Å². The van der Waals surface area contributed by atoms with E-state index in [1.165, 1.54) is 4.90 Å². The minimum atomic E-state index is -4.15. The second-order valence-corrected chi connectivity index (χ2v) is 4.15. The summed E-state index contributed by atoms with van der Waals surface area (Å²) in [5.74, 6) is 0.398. The van der Waals surface area contributed by atoms with E-state index in [9.17, 15) is 13.2 Å². The van der Waals surface area contributed by atoms with Crippen LogP contribution < -0.4 is 0 Å². The predicted molar refractivity (Wildman–Crippen MR) is 53.7 cm³/mol. The van der Waals surface area contributed by atoms with Crippen LogP contribution >= 0.6 is 0 Å². The average Bonchev–Trinajstić information content (AvgIpc) is 2.07. The number of alkyl halides is 3. The first-order valence-electron chi connectivity index (χ1n) is 5.25. The van der Waals surface area contributed by atoms with E-state index in [0.29, 0.717) is 25.4 Å². The van der Waals surface area contributed by atoms with Gasteiger partial charge >= 0.3 is 6.18 Å². The zero-order valence-corrected chi connectivity index (χ0v) is 9.35. The Morgan fingerprint density at radius 3 is 2.20 bits per heavy atom. The lowest BCUT2D eigenvalue weighted by atomic mass is 10.1. The van der Waals surface area contributed by atoms with Crippen LogP contribution in [0.3, 0.4) is 0 Å². The zero-order valence-electron chi connectivity index (χ0n) is 9.35. The molecule has 0 aromatic heterocycles. The molecule has 5 heteroatoms. The standard InChI is InChI=1S/C10H20F3NO/c1-9(2)4-6-14(5-3-7-15)8-10(11,12)13/h9,15H,3-8H2,1-2H3. The van der Waals surface area contributed by atoms with Gasteiger partial charge in [-0.25, -0.2) is 0 Å². The molecule has 0 bridgehead atoms. The summed E-state index contributed by atoms with van der Waals surface area (Å²) >= 11 is 0. The molecule has 0 aliphatic carbocycles. The molecule has 15 heavy (non-hydrogen) atoms. The highest BCUT2D eigenvalue weighted by Crippen LogP contribution is 2.17. The lowest BCUT2D eigenvalue weighted by Crippen LogP contribution is -2.36. The molecule has 0 aliphatic heterocycles. The summed E-state index contributed by atoms with van der Waals surface area (Å²) in [6, 6.07) is 0. The molecule has 0 spiro atoms. The van der Waals surface area contributed by atoms with Gasteiger partial charge in [0.05, 0.1) is 6.54 Å². The second-order valence-electron chi connectivity index (χ2n) is 4.15. The molecular formula is C10H20F3NO. The molecule has 0 radical (unpaired) electrons. The Labute approximate surface area is 89.1 Å². The lowest BCUT2D eigenvalue weighted by molar-refractivity contribution is -0.146. The van der Waals surface area contributed by atoms with Crippen LogP contribution in [0.1, 0.15) is 26.7 Å². The molecule has 0 aromatic rings. The van der Waals surface area contributed by atoms with Crippen LogP contribution in [0.5, 0.6) is 0 Å². The first-order valence-corrected chi connectivity index (χ1v) is 5.25. The highest BCUT2D eigenvalue weighted by Gasteiger charge is 2.30. The Hall–Kier alpha value is -0.290. The molecule has 0 rings (SSSR count). The third kappa shape index (κ3) is 10.0. The van der Waals surface area contributed by atoms with Gasteiger partial charge in [-0.15, -0.1) is 0 Å². The van der Waals surface area contributed by atoms with Gasteiger partial charge in [-0.2, -0.15) is 13.2 Å². The van der Waals surface area contributed by atoms with Crippen molar-refractivity contribution in [3.63, 3.8) is 0 Å². The van der Waals surface area contributed by atoms with Crippen LogP contribution in [0, 0.1) is 5.92 Å². The summed E-state index contributed by atoms with van der Waals surface area (Å²) in [6.45, 7) is 3.78. The van der Waals surface area contributed by atoms with Gasteiger partial charge in [-0.3, -0.25) is 4.90 Å². The van der Waals surface area contributed by atoms with E-state index < -0.39 is 12.7 Å². The van der Waals surface area contributed by atoms with Crippen molar-refractivity contribution in [1.29, 1.82) is 0 Å². The lowest BCUT2D eigenvalue weighted by Gasteiger charge is -2.24. The number of rotatable bonds is 7. The van der Waals surface area contributed by atoms with E-state index in [4.69, 9.17) is 5.11 Å². The molecule has 0 saturated carbocycles. The molecular weight excluding hydrogens is 207 g/mol. The van der Waals surface area contributed by atoms with E-state index in [1.807, 2.05) is 13.8 Å². The molecule has 1 N–H and O–H groups in total. The van der Waals surface area contributed by atoms with E-state index in [0.717, 1.165) is 6.42 Å². The Kier molecular flexibility index (Phi) is 6.92. The summed E-state index contributed by atoms with van der Waals surface area (Å²) in [5, 5.41) is 8.58. The van der Waals surface area contributed by atoms with Crippen molar-refractivity contribution in [3.8, 4) is 0 Å². The Bertz CT molecular complexity index is 159. The van der Waals surface area contributed by atoms with Crippen LogP contribution in [0.4, 0.5) is 13.2 Å². The monoisotopic (exact) mass is 227 g/mol. The van der Waals surface area contributed by atoms with Gasteiger partial charge in [0, 0.05) is 13.2 Å². The van der Waals surface area contributed by atoms with Gasteiger partial charge in [-0.1, -0.05) is 13.8 Å². The van der Waals surface area contributed by atoms with E-state index >= 15 is 0 Å². The molecule has 0 amide bonds. The molecule has 0 heterocycles. The highest BCUT2D eigenvalue weighted by molar-refractivity contribution is 4.64. The van der Waals surface area contributed by atoms with Crippen molar-refractivity contribution in [2.45, 2.75) is 32.9 Å². The van der Waals surface area contributed by atoms with Gasteiger partial charge in [-0.05, 0) is 25.3 Å². The van der Waals surface area contributed by atoms with Crippen molar-refractivity contribution in [2.75, 3.05) is 26.2 Å². The maximum Gasteiger partial charge on any atom is 0.401 e. The minimum absolute atomic E-state index is 0.0595. The second kappa shape index (κ2) is 7.06. The number of aliphatic hydroxyl groups excluding tert-OH is 1. The van der Waals surface area contributed by atoms with E-state index in [-0.39, 0.29) is 6.61 Å². The fourth-order valence-corrected chi connectivity index (χ4v) is 1.26. The van der Waals surface area contributed by atoms with Gasteiger partial charge in [0.15, 0.2) is 0 Å². The molecule has 0 fully saturated rings. The predicted octanol–water partition coefficient (Wildman–Crippen LogP) is 2.28. The molecule has 0 saturated heterocycles. The van der Waals surface area contributed by atoms with Crippen molar-refractivity contribution >= 4 is 0 Å². The van der Waals surface area contributed by atoms with Gasteiger partial charge < -0.3 is 5.11 Å². The first kappa shape index (κ1) is 14.7. The zero-order chi connectivity index (χ0) is 11.9. The van der Waals surface area contributed by atoms with Gasteiger partial charge in [0.25, 0.3) is 0 Å². The normalized spacial score (nSPS) is 12.8. The topological polar surface area (TPSA) is 23.5 Å². The first-order chi connectivity index (χ1) is 6.85. The van der Waals surface area contributed by atoms with Crippen molar-refractivity contribution in [2.24, 2.45) is 5.92 Å². The Balaban J connectivity index is 3.95. The van der Waals surface area contributed by atoms with Crippen LogP contribution in [0.25, 0.3) is 0 Å². The fourth-order valence-electron chi connectivity index (χ4n) is 1.26. The summed E-state index contributed by atoms with van der Waals surface area (Å²) in [7, 11) is 0. The van der Waals surface area contributed by atoms with Crippen LogP contribution in [-0.4, -0.2) is 42.4 Å². The number of halogens is 3.